The largest absolute Gasteiger partial charge is 0.458 e. The Balaban J connectivity index is 1.39. The lowest BCUT2D eigenvalue weighted by Crippen LogP contribution is -2.54. The lowest BCUT2D eigenvalue weighted by Gasteiger charge is -2.56. The fourth-order valence-corrected chi connectivity index (χ4v) is 7.65. The molecule has 0 saturated heterocycles. The lowest BCUT2D eigenvalue weighted by molar-refractivity contribution is -0.197. The van der Waals surface area contributed by atoms with Crippen molar-refractivity contribution in [3.05, 3.63) is 0 Å². The highest BCUT2D eigenvalue weighted by atomic mass is 16.6. The fraction of sp³-hybridized carbons (Fsp3) is 0.950. The topological polar surface area (TPSA) is 26.3 Å². The number of hydrogen-bond donors (Lipinski definition) is 0. The van der Waals surface area contributed by atoms with Gasteiger partial charge in [0.15, 0.2) is 0 Å². The number of esters is 1. The number of hydrogen-bond acceptors (Lipinski definition) is 2. The summed E-state index contributed by atoms with van der Waals surface area (Å²) in [5.74, 6) is 3.47. The van der Waals surface area contributed by atoms with E-state index in [9.17, 15) is 4.79 Å². The molecule has 6 saturated carbocycles. The number of carbonyl (C=O) groups is 1. The van der Waals surface area contributed by atoms with E-state index in [1.54, 1.807) is 0 Å². The predicted octanol–water partition coefficient (Wildman–Crippen LogP) is 4.71. The maximum Gasteiger partial charge on any atom is 0.312 e. The second-order valence-electron chi connectivity index (χ2n) is 10.2. The minimum Gasteiger partial charge on any atom is -0.458 e. The Hall–Kier alpha value is -0.530. The van der Waals surface area contributed by atoms with Gasteiger partial charge in [-0.15, -0.1) is 0 Å². The molecule has 0 radical (unpaired) electrons. The molecule has 122 valence electrons. The first kappa shape index (κ1) is 13.9. The summed E-state index contributed by atoms with van der Waals surface area (Å²) in [5, 5.41) is 0. The van der Waals surface area contributed by atoms with E-state index in [0.717, 1.165) is 49.4 Å². The van der Waals surface area contributed by atoms with Gasteiger partial charge in [-0.3, -0.25) is 4.79 Å². The molecule has 0 aromatic heterocycles. The summed E-state index contributed by atoms with van der Waals surface area (Å²) >= 11 is 0. The van der Waals surface area contributed by atoms with Gasteiger partial charge in [-0.2, -0.15) is 0 Å². The summed E-state index contributed by atoms with van der Waals surface area (Å²) in [6.45, 7) is 4.61. The van der Waals surface area contributed by atoms with Crippen LogP contribution in [0.25, 0.3) is 0 Å². The third-order valence-electron chi connectivity index (χ3n) is 8.59. The quantitative estimate of drug-likeness (QED) is 0.690. The molecule has 22 heavy (non-hydrogen) atoms. The van der Waals surface area contributed by atoms with Gasteiger partial charge in [0.25, 0.3) is 0 Å². The zero-order valence-corrected chi connectivity index (χ0v) is 14.2. The molecule has 6 fully saturated rings. The molecule has 1 unspecified atom stereocenters. The van der Waals surface area contributed by atoms with Crippen molar-refractivity contribution in [1.82, 2.24) is 0 Å². The Morgan fingerprint density at radius 3 is 1.91 bits per heavy atom. The fourth-order valence-electron chi connectivity index (χ4n) is 7.65. The van der Waals surface area contributed by atoms with Crippen molar-refractivity contribution < 1.29 is 9.53 Å². The first-order valence-electron chi connectivity index (χ1n) is 9.63. The van der Waals surface area contributed by atoms with Crippen molar-refractivity contribution in [3.63, 3.8) is 0 Å². The van der Waals surface area contributed by atoms with Crippen LogP contribution in [-0.4, -0.2) is 11.6 Å². The Kier molecular flexibility index (Phi) is 2.59. The second-order valence-corrected chi connectivity index (χ2v) is 10.2. The zero-order chi connectivity index (χ0) is 15.2. The average molecular weight is 302 g/mol. The van der Waals surface area contributed by atoms with Gasteiger partial charge >= 0.3 is 5.97 Å². The van der Waals surface area contributed by atoms with E-state index in [-0.39, 0.29) is 22.4 Å². The van der Waals surface area contributed by atoms with Crippen LogP contribution in [0.2, 0.25) is 0 Å². The van der Waals surface area contributed by atoms with Crippen LogP contribution in [0.5, 0.6) is 0 Å². The van der Waals surface area contributed by atoms with Crippen molar-refractivity contribution in [2.45, 2.75) is 83.7 Å². The van der Waals surface area contributed by atoms with Crippen LogP contribution in [0.4, 0.5) is 0 Å². The van der Waals surface area contributed by atoms with Crippen molar-refractivity contribution in [1.29, 1.82) is 0 Å². The minimum absolute atomic E-state index is 0.0873. The maximum atomic E-state index is 13.3. The summed E-state index contributed by atoms with van der Waals surface area (Å²) in [7, 11) is 0. The third kappa shape index (κ3) is 1.70. The maximum absolute atomic E-state index is 13.3. The Morgan fingerprint density at radius 1 is 0.864 bits per heavy atom. The molecule has 0 aliphatic heterocycles. The van der Waals surface area contributed by atoms with E-state index in [4.69, 9.17) is 4.74 Å². The molecule has 2 nitrogen and oxygen atoms in total. The molecule has 6 bridgehead atoms. The lowest BCUT2D eigenvalue weighted by atomic mass is 9.49. The zero-order valence-electron chi connectivity index (χ0n) is 14.2. The van der Waals surface area contributed by atoms with E-state index in [2.05, 4.69) is 13.8 Å². The molecule has 0 N–H and O–H groups in total. The summed E-state index contributed by atoms with van der Waals surface area (Å²) in [4.78, 5) is 13.3. The van der Waals surface area contributed by atoms with Gasteiger partial charge in [0.1, 0.15) is 5.60 Å². The first-order chi connectivity index (χ1) is 10.4. The minimum atomic E-state index is -0.184. The van der Waals surface area contributed by atoms with E-state index in [1.165, 1.54) is 38.5 Å². The number of carbonyl (C=O) groups excluding carboxylic acids is 1. The van der Waals surface area contributed by atoms with Crippen LogP contribution in [0, 0.1) is 34.5 Å². The highest BCUT2D eigenvalue weighted by molar-refractivity contribution is 5.78. The molecule has 6 aliphatic rings. The SMILES string of the molecule is CC12CC[C@@H](C1)C[C@@]2(C)OC(=O)C12CC3CC(CC(C3)C1)C2. The second kappa shape index (κ2) is 4.11. The average Bonchev–Trinajstić information content (AvgIpc) is 2.89. The normalized spacial score (nSPS) is 58.3. The predicted molar refractivity (Wildman–Crippen MR) is 85.2 cm³/mol. The van der Waals surface area contributed by atoms with Gasteiger partial charge in [0.05, 0.1) is 5.41 Å². The number of ether oxygens (including phenoxy) is 1. The standard InChI is InChI=1S/C20H30O2/c1-18-4-3-13(8-18)9-19(18,2)22-17(21)20-10-14-5-15(11-20)7-16(6-14)12-20/h13-16H,3-12H2,1-2H3/t13-,14?,15?,16?,18?,19+,20?/m0/s1. The molecule has 0 heterocycles. The molecule has 6 rings (SSSR count). The highest BCUT2D eigenvalue weighted by Gasteiger charge is 2.62. The summed E-state index contributed by atoms with van der Waals surface area (Å²) in [5.41, 5.74) is -0.0259. The van der Waals surface area contributed by atoms with Crippen LogP contribution in [0.15, 0.2) is 0 Å². The van der Waals surface area contributed by atoms with Gasteiger partial charge in [0, 0.05) is 5.41 Å². The Morgan fingerprint density at radius 2 is 1.45 bits per heavy atom. The van der Waals surface area contributed by atoms with Crippen molar-refractivity contribution >= 4 is 5.97 Å². The van der Waals surface area contributed by atoms with Crippen LogP contribution in [0.1, 0.15) is 78.1 Å². The summed E-state index contributed by atoms with van der Waals surface area (Å²) in [6, 6.07) is 0. The van der Waals surface area contributed by atoms with E-state index < -0.39 is 0 Å². The monoisotopic (exact) mass is 302 g/mol. The Labute approximate surface area is 134 Å². The van der Waals surface area contributed by atoms with Crippen molar-refractivity contribution in [2.75, 3.05) is 0 Å². The highest BCUT2D eigenvalue weighted by Crippen LogP contribution is 2.64. The van der Waals surface area contributed by atoms with E-state index in [0.29, 0.717) is 0 Å². The molecule has 0 spiro atoms. The van der Waals surface area contributed by atoms with Crippen LogP contribution >= 0.6 is 0 Å². The van der Waals surface area contributed by atoms with Gasteiger partial charge < -0.3 is 4.74 Å². The number of fused-ring (bicyclic) bond motifs is 2. The molecule has 3 atom stereocenters. The van der Waals surface area contributed by atoms with Gasteiger partial charge in [-0.25, -0.2) is 0 Å². The van der Waals surface area contributed by atoms with Gasteiger partial charge in [0.2, 0.25) is 0 Å². The van der Waals surface area contributed by atoms with Gasteiger partial charge in [-0.1, -0.05) is 6.92 Å². The molecule has 6 aliphatic carbocycles. The van der Waals surface area contributed by atoms with Crippen molar-refractivity contribution in [2.24, 2.45) is 34.5 Å². The van der Waals surface area contributed by atoms with E-state index in [1.807, 2.05) is 0 Å². The summed E-state index contributed by atoms with van der Waals surface area (Å²) in [6.07, 6.45) is 12.6. The van der Waals surface area contributed by atoms with Crippen molar-refractivity contribution in [3.8, 4) is 0 Å². The smallest absolute Gasteiger partial charge is 0.312 e. The molecule has 0 aromatic rings. The van der Waals surface area contributed by atoms with Crippen LogP contribution in [0.3, 0.4) is 0 Å². The first-order valence-corrected chi connectivity index (χ1v) is 9.63. The number of rotatable bonds is 2. The molecular formula is C20H30O2. The van der Waals surface area contributed by atoms with E-state index >= 15 is 0 Å². The van der Waals surface area contributed by atoms with Gasteiger partial charge in [-0.05, 0) is 94.8 Å². The van der Waals surface area contributed by atoms with Crippen LogP contribution < -0.4 is 0 Å². The van der Waals surface area contributed by atoms with Crippen LogP contribution in [-0.2, 0) is 9.53 Å². The molecule has 2 heteroatoms. The molecule has 0 aromatic carbocycles. The molecule has 0 amide bonds. The Bertz CT molecular complexity index is 489. The molecular weight excluding hydrogens is 272 g/mol. The summed E-state index contributed by atoms with van der Waals surface area (Å²) < 4.78 is 6.38. The third-order valence-corrected chi connectivity index (χ3v) is 8.59.